The van der Waals surface area contributed by atoms with Crippen LogP contribution in [0.1, 0.15) is 11.5 Å². The Kier molecular flexibility index (Phi) is 4.87. The molecule has 0 heterocycles. The number of rotatable bonds is 6. The van der Waals surface area contributed by atoms with Gasteiger partial charge in [-0.1, -0.05) is 66.8 Å². The number of hydrogen-bond acceptors (Lipinski definition) is 3. The smallest absolute Gasteiger partial charge is 0.273 e. The molecule has 1 atom stereocenters. The summed E-state index contributed by atoms with van der Waals surface area (Å²) in [7, 11) is 0. The van der Waals surface area contributed by atoms with E-state index in [1.807, 2.05) is 42.5 Å². The maximum atomic E-state index is 10.9. The highest BCUT2D eigenvalue weighted by Crippen LogP contribution is 2.24. The summed E-state index contributed by atoms with van der Waals surface area (Å²) in [6, 6.07) is 16.3. The average Bonchev–Trinajstić information content (AvgIpc) is 3.12. The number of allylic oxidation sites excluding steroid dienone is 5. The summed E-state index contributed by atoms with van der Waals surface area (Å²) >= 11 is 0. The van der Waals surface area contributed by atoms with Crippen molar-refractivity contribution >= 4 is 5.69 Å². The first-order chi connectivity index (χ1) is 11.7. The van der Waals surface area contributed by atoms with Crippen molar-refractivity contribution in [3.8, 4) is 5.75 Å². The van der Waals surface area contributed by atoms with Gasteiger partial charge in [0.2, 0.25) is 0 Å². The molecule has 0 amide bonds. The molecule has 4 heteroatoms. The molecular formula is C20H17NO3. The summed E-state index contributed by atoms with van der Waals surface area (Å²) < 4.78 is 5.83. The molecule has 0 aromatic heterocycles. The predicted molar refractivity (Wildman–Crippen MR) is 94.1 cm³/mol. The zero-order chi connectivity index (χ0) is 16.8. The molecule has 1 aliphatic rings. The van der Waals surface area contributed by atoms with Gasteiger partial charge in [0.1, 0.15) is 5.75 Å². The maximum Gasteiger partial charge on any atom is 0.273 e. The summed E-state index contributed by atoms with van der Waals surface area (Å²) in [6.07, 6.45) is 10.2. The summed E-state index contributed by atoms with van der Waals surface area (Å²) in [4.78, 5) is 10.4. The van der Waals surface area contributed by atoms with Crippen molar-refractivity contribution in [1.82, 2.24) is 0 Å². The second-order valence-corrected chi connectivity index (χ2v) is 5.47. The first-order valence-corrected chi connectivity index (χ1v) is 7.71. The van der Waals surface area contributed by atoms with Gasteiger partial charge in [0.25, 0.3) is 5.69 Å². The molecule has 1 unspecified atom stereocenters. The van der Waals surface area contributed by atoms with E-state index < -0.39 is 4.92 Å². The van der Waals surface area contributed by atoms with Gasteiger partial charge in [-0.25, -0.2) is 0 Å². The Hall–Kier alpha value is -3.14. The quantitative estimate of drug-likeness (QED) is 0.567. The molecule has 0 saturated heterocycles. The van der Waals surface area contributed by atoms with Crippen LogP contribution in [0.5, 0.6) is 5.75 Å². The van der Waals surface area contributed by atoms with Crippen LogP contribution in [0, 0.1) is 10.1 Å². The van der Waals surface area contributed by atoms with Crippen LogP contribution in [-0.2, 0) is 0 Å². The molecule has 4 nitrogen and oxygen atoms in total. The van der Waals surface area contributed by atoms with Crippen LogP contribution in [-0.4, -0.2) is 11.5 Å². The van der Waals surface area contributed by atoms with E-state index in [-0.39, 0.29) is 11.6 Å². The summed E-state index contributed by atoms with van der Waals surface area (Å²) in [5.74, 6) is 0.564. The lowest BCUT2D eigenvalue weighted by Crippen LogP contribution is -2.09. The van der Waals surface area contributed by atoms with E-state index in [9.17, 15) is 10.1 Å². The van der Waals surface area contributed by atoms with E-state index in [2.05, 4.69) is 18.2 Å². The molecule has 3 rings (SSSR count). The molecular weight excluding hydrogens is 302 g/mol. The fourth-order valence-electron chi connectivity index (χ4n) is 2.55. The average molecular weight is 319 g/mol. The normalized spacial score (nSPS) is 13.8. The predicted octanol–water partition coefficient (Wildman–Crippen LogP) is 4.81. The number of non-ortho nitro benzene ring substituents is 1. The van der Waals surface area contributed by atoms with E-state index in [0.29, 0.717) is 12.4 Å². The van der Waals surface area contributed by atoms with Crippen molar-refractivity contribution in [3.63, 3.8) is 0 Å². The van der Waals surface area contributed by atoms with Gasteiger partial charge >= 0.3 is 0 Å². The minimum atomic E-state index is -0.419. The highest BCUT2D eigenvalue weighted by atomic mass is 16.6. The minimum Gasteiger partial charge on any atom is -0.492 e. The lowest BCUT2D eigenvalue weighted by molar-refractivity contribution is -0.384. The van der Waals surface area contributed by atoms with Crippen molar-refractivity contribution in [2.45, 2.75) is 5.92 Å². The van der Waals surface area contributed by atoms with Gasteiger partial charge in [0, 0.05) is 12.0 Å². The van der Waals surface area contributed by atoms with Crippen molar-refractivity contribution in [2.24, 2.45) is 0 Å². The standard InChI is InChI=1S/C20H17NO3/c22-21(23)19-11-6-12-20(14-19)24-15-18(13-16-7-4-5-8-16)17-9-2-1-3-10-17/h1-14,18H,15H2. The summed E-state index contributed by atoms with van der Waals surface area (Å²) in [5, 5.41) is 10.9. The molecule has 2 aromatic carbocycles. The first-order valence-electron chi connectivity index (χ1n) is 7.71. The van der Waals surface area contributed by atoms with Gasteiger partial charge in [-0.15, -0.1) is 0 Å². The molecule has 0 N–H and O–H groups in total. The van der Waals surface area contributed by atoms with Gasteiger partial charge < -0.3 is 4.74 Å². The van der Waals surface area contributed by atoms with Crippen molar-refractivity contribution in [2.75, 3.05) is 6.61 Å². The molecule has 24 heavy (non-hydrogen) atoms. The Bertz CT molecular complexity index is 793. The Balaban J connectivity index is 1.78. The van der Waals surface area contributed by atoms with E-state index in [4.69, 9.17) is 4.74 Å². The molecule has 120 valence electrons. The third kappa shape index (κ3) is 3.98. The highest BCUT2D eigenvalue weighted by Gasteiger charge is 2.12. The Morgan fingerprint density at radius 1 is 1.04 bits per heavy atom. The number of nitro groups is 1. The first kappa shape index (κ1) is 15.7. The van der Waals surface area contributed by atoms with Crippen molar-refractivity contribution in [3.05, 3.63) is 106 Å². The summed E-state index contributed by atoms with van der Waals surface area (Å²) in [6.45, 7) is 0.413. The molecule has 0 radical (unpaired) electrons. The topological polar surface area (TPSA) is 52.4 Å². The van der Waals surface area contributed by atoms with Gasteiger partial charge in [-0.05, 0) is 17.2 Å². The van der Waals surface area contributed by atoms with E-state index >= 15 is 0 Å². The highest BCUT2D eigenvalue weighted by molar-refractivity contribution is 5.43. The van der Waals surface area contributed by atoms with Crippen LogP contribution in [0.25, 0.3) is 0 Å². The lowest BCUT2D eigenvalue weighted by atomic mass is 9.97. The number of nitrogens with zero attached hydrogens (tertiary/aromatic N) is 1. The number of nitro benzene ring substituents is 1. The zero-order valence-corrected chi connectivity index (χ0v) is 13.0. The van der Waals surface area contributed by atoms with Gasteiger partial charge in [-0.3, -0.25) is 10.1 Å². The maximum absolute atomic E-state index is 10.9. The number of ether oxygens (including phenoxy) is 1. The number of benzene rings is 2. The SMILES string of the molecule is O=[N+]([O-])c1cccc(OCC(C=C2C=CC=C2)c2ccccc2)c1. The third-order valence-electron chi connectivity index (χ3n) is 3.77. The zero-order valence-electron chi connectivity index (χ0n) is 13.0. The Labute approximate surface area is 140 Å². The Morgan fingerprint density at radius 3 is 2.50 bits per heavy atom. The molecule has 0 bridgehead atoms. The van der Waals surface area contributed by atoms with Gasteiger partial charge in [0.15, 0.2) is 0 Å². The van der Waals surface area contributed by atoms with E-state index in [1.165, 1.54) is 12.1 Å². The molecule has 2 aromatic rings. The lowest BCUT2D eigenvalue weighted by Gasteiger charge is -2.15. The van der Waals surface area contributed by atoms with Crippen LogP contribution < -0.4 is 4.74 Å². The van der Waals surface area contributed by atoms with Crippen LogP contribution in [0.4, 0.5) is 5.69 Å². The van der Waals surface area contributed by atoms with E-state index in [1.54, 1.807) is 12.1 Å². The fourth-order valence-corrected chi connectivity index (χ4v) is 2.55. The van der Waals surface area contributed by atoms with E-state index in [0.717, 1.165) is 11.1 Å². The molecule has 0 spiro atoms. The Morgan fingerprint density at radius 2 is 1.79 bits per heavy atom. The van der Waals surface area contributed by atoms with Crippen LogP contribution in [0.15, 0.2) is 90.6 Å². The molecule has 0 fully saturated rings. The molecule has 0 aliphatic heterocycles. The van der Waals surface area contributed by atoms with Crippen LogP contribution >= 0.6 is 0 Å². The van der Waals surface area contributed by atoms with Crippen LogP contribution in [0.3, 0.4) is 0 Å². The largest absolute Gasteiger partial charge is 0.492 e. The second kappa shape index (κ2) is 7.42. The van der Waals surface area contributed by atoms with Gasteiger partial charge in [0.05, 0.1) is 17.6 Å². The summed E-state index contributed by atoms with van der Waals surface area (Å²) in [5.41, 5.74) is 2.31. The minimum absolute atomic E-state index is 0.0313. The third-order valence-corrected chi connectivity index (χ3v) is 3.77. The monoisotopic (exact) mass is 319 g/mol. The molecule has 0 saturated carbocycles. The fraction of sp³-hybridized carbons (Fsp3) is 0.100. The number of hydrogen-bond donors (Lipinski definition) is 0. The molecule has 1 aliphatic carbocycles. The van der Waals surface area contributed by atoms with Crippen molar-refractivity contribution in [1.29, 1.82) is 0 Å². The van der Waals surface area contributed by atoms with Crippen LogP contribution in [0.2, 0.25) is 0 Å². The van der Waals surface area contributed by atoms with Crippen molar-refractivity contribution < 1.29 is 9.66 Å². The van der Waals surface area contributed by atoms with Gasteiger partial charge in [-0.2, -0.15) is 0 Å². The second-order valence-electron chi connectivity index (χ2n) is 5.47.